The van der Waals surface area contributed by atoms with E-state index >= 15 is 0 Å². The zero-order chi connectivity index (χ0) is 34.0. The van der Waals surface area contributed by atoms with Crippen molar-refractivity contribution in [1.82, 2.24) is 0 Å². The Hall–Kier alpha value is -1.25. The molecule has 0 fully saturated rings. The van der Waals surface area contributed by atoms with Gasteiger partial charge in [-0.2, -0.15) is 19.8 Å². The Morgan fingerprint density at radius 1 is 1.06 bits per heavy atom. The molecule has 6 nitrogen and oxygen atoms in total. The maximum Gasteiger partial charge on any atom is 1.00 e. The Labute approximate surface area is 375 Å². The number of Topliss-reactive ketones (excluding diaryl/α,β-unsaturated/α-hetero) is 2. The van der Waals surface area contributed by atoms with Crippen LogP contribution in [-0.4, -0.2) is 36.3 Å². The number of halogens is 1. The van der Waals surface area contributed by atoms with Gasteiger partial charge in [0.15, 0.2) is 0 Å². The monoisotopic (exact) mass is 709 g/mol. The number of hydrogen-bond donors (Lipinski definition) is 2. The molecule has 2 N–H and O–H groups in total. The van der Waals surface area contributed by atoms with Crippen molar-refractivity contribution in [3.05, 3.63) is 112 Å². The fraction of sp³-hybridized carbons (Fsp3) is 0.282. The van der Waals surface area contributed by atoms with Gasteiger partial charge in [0.2, 0.25) is 0 Å². The summed E-state index contributed by atoms with van der Waals surface area (Å²) in [5.41, 5.74) is 6.11. The summed E-state index contributed by atoms with van der Waals surface area (Å²) >= 11 is 0. The second-order valence-electron chi connectivity index (χ2n) is 9.98. The van der Waals surface area contributed by atoms with E-state index in [0.29, 0.717) is 30.0 Å². The molecule has 0 aromatic heterocycles. The van der Waals surface area contributed by atoms with Gasteiger partial charge in [-0.25, -0.2) is 6.58 Å². The first-order valence-corrected chi connectivity index (χ1v) is 14.2. The van der Waals surface area contributed by atoms with E-state index in [1.807, 2.05) is 63.2 Å². The Morgan fingerprint density at radius 3 is 1.98 bits per heavy atom. The summed E-state index contributed by atoms with van der Waals surface area (Å²) in [5.74, 6) is -0.266. The SMILES string of the molecule is C[C-]=O.[CH-]=C(C(C)=O)C(=O)CC.[CH2-]C(C)CCC=O.[CH2-]c1c(F)cc(-c2cccc(-c3cccc(C)c3O)c2C)cc1NC.[CH3-].[CH3-].[K+].[K+]. The van der Waals surface area contributed by atoms with E-state index in [1.165, 1.54) is 26.2 Å². The number of para-hydroxylation sites is 1. The molecule has 0 aliphatic heterocycles. The fourth-order valence-corrected chi connectivity index (χ4v) is 3.87. The Morgan fingerprint density at radius 2 is 1.56 bits per heavy atom. The number of benzene rings is 3. The molecule has 3 rings (SSSR count). The number of anilines is 1. The molecule has 3 aromatic rings. The molecule has 0 saturated carbocycles. The standard InChI is InChI=1S/C22H21FNO.C7H9O2.C6H11O.C2H3O.2CH3.2K/c1-13-7-5-10-19(22(13)25)18-9-6-8-17(14(18)2)16-11-20(23)15(3)21(12-16)24-4;1-4-7(9)5(2)6(3)8;1-6(2)4-3-5-7;1-2-3;;;;/h5-12,24-25H,3H2,1-2,4H3;2H,4H2,1,3H3;5-6H,1,3-4H2,2H3;1H3;2*1H3;;/q6*-1;2*+1. The van der Waals surface area contributed by atoms with Crippen molar-refractivity contribution in [3.8, 4) is 28.0 Å². The van der Waals surface area contributed by atoms with Crippen LogP contribution in [0.5, 0.6) is 5.75 Å². The Balaban J connectivity index is -0.000000225. The molecule has 0 radical (unpaired) electrons. The molecular formula is C39H50FK2NO5-4. The van der Waals surface area contributed by atoms with Gasteiger partial charge >= 0.3 is 103 Å². The summed E-state index contributed by atoms with van der Waals surface area (Å²) in [6, 6.07) is 15.0. The molecule has 0 bridgehead atoms. The van der Waals surface area contributed by atoms with E-state index in [-0.39, 0.29) is 146 Å². The van der Waals surface area contributed by atoms with Crippen LogP contribution in [0.3, 0.4) is 0 Å². The molecule has 3 aromatic carbocycles. The maximum atomic E-state index is 14.2. The van der Waals surface area contributed by atoms with Crippen LogP contribution in [-0.2, 0) is 19.2 Å². The van der Waals surface area contributed by atoms with Crippen molar-refractivity contribution < 1.29 is 131 Å². The van der Waals surface area contributed by atoms with Crippen LogP contribution in [0.25, 0.3) is 22.3 Å². The molecule has 0 spiro atoms. The van der Waals surface area contributed by atoms with E-state index in [1.54, 1.807) is 14.0 Å². The first-order chi connectivity index (χ1) is 20.7. The predicted octanol–water partition coefficient (Wildman–Crippen LogP) is 3.08. The summed E-state index contributed by atoms with van der Waals surface area (Å²) < 4.78 is 14.2. The van der Waals surface area contributed by atoms with Gasteiger partial charge < -0.3 is 51.4 Å². The number of phenols is 1. The third-order valence-corrected chi connectivity index (χ3v) is 6.42. The van der Waals surface area contributed by atoms with Gasteiger partial charge in [-0.15, -0.1) is 11.1 Å². The third-order valence-electron chi connectivity index (χ3n) is 6.42. The van der Waals surface area contributed by atoms with Crippen LogP contribution in [0, 0.1) is 60.9 Å². The Bertz CT molecular complexity index is 1440. The minimum atomic E-state index is -0.346. The number of aromatic hydroxyl groups is 1. The molecule has 0 saturated heterocycles. The van der Waals surface area contributed by atoms with Gasteiger partial charge in [-0.1, -0.05) is 74.5 Å². The minimum absolute atomic E-state index is 0. The van der Waals surface area contributed by atoms with Crippen molar-refractivity contribution >= 4 is 29.8 Å². The van der Waals surface area contributed by atoms with E-state index in [9.17, 15) is 23.9 Å². The van der Waals surface area contributed by atoms with Gasteiger partial charge in [0, 0.05) is 23.6 Å². The molecule has 0 heterocycles. The van der Waals surface area contributed by atoms with Crippen LogP contribution in [0.1, 0.15) is 63.6 Å². The van der Waals surface area contributed by atoms with E-state index < -0.39 is 0 Å². The van der Waals surface area contributed by atoms with Gasteiger partial charge in [0.05, 0.1) is 5.78 Å². The number of hydrogen-bond acceptors (Lipinski definition) is 6. The van der Waals surface area contributed by atoms with E-state index in [2.05, 4.69) is 19.2 Å². The van der Waals surface area contributed by atoms with Gasteiger partial charge in [-0.3, -0.25) is 10.7 Å². The summed E-state index contributed by atoms with van der Waals surface area (Å²) in [6.07, 6.45) is 4.31. The van der Waals surface area contributed by atoms with Crippen LogP contribution in [0.4, 0.5) is 10.1 Å². The molecular weight excluding hydrogens is 660 g/mol. The van der Waals surface area contributed by atoms with Crippen LogP contribution in [0.15, 0.2) is 54.1 Å². The quantitative estimate of drug-likeness (QED) is 0.0886. The van der Waals surface area contributed by atoms with Crippen LogP contribution >= 0.6 is 0 Å². The van der Waals surface area contributed by atoms with Crippen molar-refractivity contribution in [2.75, 3.05) is 12.4 Å². The number of ketones is 2. The number of aryl methyl sites for hydroxylation is 1. The maximum absolute atomic E-state index is 14.2. The first kappa shape index (κ1) is 56.1. The van der Waals surface area contributed by atoms with E-state index in [0.717, 1.165) is 46.1 Å². The first-order valence-electron chi connectivity index (χ1n) is 14.2. The summed E-state index contributed by atoms with van der Waals surface area (Å²) in [7, 11) is 1.75. The molecule has 48 heavy (non-hydrogen) atoms. The number of rotatable bonds is 9. The van der Waals surface area contributed by atoms with E-state index in [4.69, 9.17) is 11.4 Å². The van der Waals surface area contributed by atoms with Gasteiger partial charge in [-0.05, 0) is 62.1 Å². The second-order valence-corrected chi connectivity index (χ2v) is 9.98. The third kappa shape index (κ3) is 19.2. The zero-order valence-corrected chi connectivity index (χ0v) is 37.1. The number of carbonyl (C=O) groups is 3. The topological polar surface area (TPSA) is 101 Å². The summed E-state index contributed by atoms with van der Waals surface area (Å²) in [4.78, 5) is 39.3. The van der Waals surface area contributed by atoms with Crippen LogP contribution < -0.4 is 108 Å². The largest absolute Gasteiger partial charge is 1.00 e. The fourth-order valence-electron chi connectivity index (χ4n) is 3.87. The second kappa shape index (κ2) is 30.6. The van der Waals surface area contributed by atoms with Crippen molar-refractivity contribution in [1.29, 1.82) is 0 Å². The normalized spacial score (nSPS) is 9.44. The predicted molar refractivity (Wildman–Crippen MR) is 190 cm³/mol. The van der Waals surface area contributed by atoms with Gasteiger partial charge in [0.25, 0.3) is 0 Å². The van der Waals surface area contributed by atoms with Crippen molar-refractivity contribution in [2.45, 2.75) is 60.8 Å². The molecule has 9 heteroatoms. The number of aldehydes is 1. The average Bonchev–Trinajstić information content (AvgIpc) is 2.99. The van der Waals surface area contributed by atoms with Crippen molar-refractivity contribution in [2.24, 2.45) is 5.92 Å². The summed E-state index contributed by atoms with van der Waals surface area (Å²) in [6.45, 7) is 22.7. The average molecular weight is 710 g/mol. The Kier molecular flexibility index (Phi) is 35.7. The zero-order valence-electron chi connectivity index (χ0n) is 30.8. The summed E-state index contributed by atoms with van der Waals surface area (Å²) in [5, 5.41) is 13.4. The minimum Gasteiger partial charge on any atom is -0.542 e. The molecule has 1 atom stereocenters. The van der Waals surface area contributed by atoms with Gasteiger partial charge in [0.1, 0.15) is 12.0 Å². The number of allylic oxidation sites excluding steroid dienone is 1. The molecule has 0 aliphatic carbocycles. The number of phenolic OH excluding ortho intramolecular Hbond substituents is 1. The molecule has 1 unspecified atom stereocenters. The van der Waals surface area contributed by atoms with Crippen molar-refractivity contribution in [3.63, 3.8) is 0 Å². The molecule has 254 valence electrons. The van der Waals surface area contributed by atoms with Crippen LogP contribution in [0.2, 0.25) is 0 Å². The smallest absolute Gasteiger partial charge is 0.542 e. The molecule has 0 amide bonds. The number of carbonyl (C=O) groups excluding carboxylic acids is 4. The number of nitrogens with one attached hydrogen (secondary N) is 1. The molecule has 0 aliphatic rings.